The molecule has 2 rings (SSSR count). The summed E-state index contributed by atoms with van der Waals surface area (Å²) >= 11 is 0. The topological polar surface area (TPSA) is 43.8 Å². The summed E-state index contributed by atoms with van der Waals surface area (Å²) in [5.74, 6) is 1.36. The summed E-state index contributed by atoms with van der Waals surface area (Å²) in [5.41, 5.74) is 8.23. The fourth-order valence-electron chi connectivity index (χ4n) is 2.44. The van der Waals surface area contributed by atoms with E-state index in [1.54, 1.807) is 0 Å². The first kappa shape index (κ1) is 8.60. The number of rotatable bonds is 1. The highest BCUT2D eigenvalue weighted by Gasteiger charge is 2.23. The Morgan fingerprint density at radius 1 is 1.38 bits per heavy atom. The zero-order valence-corrected chi connectivity index (χ0v) is 8.38. The summed E-state index contributed by atoms with van der Waals surface area (Å²) in [6.45, 7) is 2.06. The lowest BCUT2D eigenvalue weighted by molar-refractivity contribution is 0.654. The number of aromatic nitrogens is 2. The summed E-state index contributed by atoms with van der Waals surface area (Å²) in [6.07, 6.45) is 5.32. The van der Waals surface area contributed by atoms with Crippen molar-refractivity contribution < 1.29 is 0 Å². The Labute approximate surface area is 79.0 Å². The fraction of sp³-hybridized carbons (Fsp3) is 0.700. The minimum absolute atomic E-state index is 0.652. The molecule has 3 heteroatoms. The third-order valence-corrected chi connectivity index (χ3v) is 3.10. The predicted molar refractivity (Wildman–Crippen MR) is 53.6 cm³/mol. The Bertz CT molecular complexity index is 308. The van der Waals surface area contributed by atoms with Crippen LogP contribution in [0.5, 0.6) is 0 Å². The normalized spacial score (nSPS) is 18.3. The predicted octanol–water partition coefficient (Wildman–Crippen LogP) is 1.97. The van der Waals surface area contributed by atoms with Crippen molar-refractivity contribution in [3.63, 3.8) is 0 Å². The summed E-state index contributed by atoms with van der Waals surface area (Å²) in [4.78, 5) is 4.30. The first-order valence-electron chi connectivity index (χ1n) is 4.99. The van der Waals surface area contributed by atoms with Gasteiger partial charge in [0.25, 0.3) is 0 Å². The molecule has 0 spiro atoms. The maximum atomic E-state index is 5.76. The molecule has 2 N–H and O–H groups in total. The molecule has 72 valence electrons. The van der Waals surface area contributed by atoms with Crippen molar-refractivity contribution in [2.24, 2.45) is 7.05 Å². The van der Waals surface area contributed by atoms with Gasteiger partial charge in [0.05, 0.1) is 5.69 Å². The number of aryl methyl sites for hydroxylation is 1. The molecular formula is C10H17N3. The molecule has 0 saturated heterocycles. The second kappa shape index (κ2) is 3.05. The molecule has 13 heavy (non-hydrogen) atoms. The Balaban J connectivity index is 2.37. The average Bonchev–Trinajstić information content (AvgIpc) is 2.63. The second-order valence-corrected chi connectivity index (χ2v) is 3.98. The molecule has 1 aliphatic rings. The lowest BCUT2D eigenvalue weighted by Crippen LogP contribution is -2.05. The van der Waals surface area contributed by atoms with Gasteiger partial charge in [-0.3, -0.25) is 0 Å². The van der Waals surface area contributed by atoms with Gasteiger partial charge in [-0.1, -0.05) is 12.8 Å². The van der Waals surface area contributed by atoms with Crippen molar-refractivity contribution in [2.75, 3.05) is 5.73 Å². The van der Waals surface area contributed by atoms with Gasteiger partial charge in [-0.2, -0.15) is 0 Å². The first-order chi connectivity index (χ1) is 6.20. The van der Waals surface area contributed by atoms with Crippen LogP contribution in [-0.4, -0.2) is 9.55 Å². The summed E-state index contributed by atoms with van der Waals surface area (Å²) < 4.78 is 2.05. The van der Waals surface area contributed by atoms with Crippen molar-refractivity contribution >= 4 is 5.95 Å². The molecule has 1 aromatic rings. The average molecular weight is 179 g/mol. The Kier molecular flexibility index (Phi) is 2.02. The monoisotopic (exact) mass is 179 g/mol. The third-order valence-electron chi connectivity index (χ3n) is 3.10. The Morgan fingerprint density at radius 2 is 2.00 bits per heavy atom. The molecule has 0 bridgehead atoms. The number of hydrogen-bond acceptors (Lipinski definition) is 2. The van der Waals surface area contributed by atoms with Gasteiger partial charge < -0.3 is 10.3 Å². The van der Waals surface area contributed by atoms with Crippen LogP contribution in [0.15, 0.2) is 0 Å². The number of hydrogen-bond donors (Lipinski definition) is 1. The fourth-order valence-corrected chi connectivity index (χ4v) is 2.44. The number of imidazole rings is 1. The molecule has 1 aromatic heterocycles. The van der Waals surface area contributed by atoms with E-state index in [9.17, 15) is 0 Å². The number of nitrogens with two attached hydrogens (primary N) is 1. The zero-order valence-electron chi connectivity index (χ0n) is 8.38. The second-order valence-electron chi connectivity index (χ2n) is 3.98. The number of nitrogens with zero attached hydrogens (tertiary/aromatic N) is 2. The van der Waals surface area contributed by atoms with Gasteiger partial charge in [0.15, 0.2) is 5.95 Å². The van der Waals surface area contributed by atoms with E-state index in [4.69, 9.17) is 5.73 Å². The minimum Gasteiger partial charge on any atom is -0.369 e. The van der Waals surface area contributed by atoms with Crippen molar-refractivity contribution in [3.8, 4) is 0 Å². The molecule has 0 radical (unpaired) electrons. The van der Waals surface area contributed by atoms with Gasteiger partial charge >= 0.3 is 0 Å². The van der Waals surface area contributed by atoms with Crippen molar-refractivity contribution in [1.29, 1.82) is 0 Å². The van der Waals surface area contributed by atoms with Crippen LogP contribution in [0.4, 0.5) is 5.95 Å². The zero-order chi connectivity index (χ0) is 9.42. The highest BCUT2D eigenvalue weighted by molar-refractivity contribution is 5.30. The van der Waals surface area contributed by atoms with Gasteiger partial charge in [-0.05, 0) is 19.8 Å². The van der Waals surface area contributed by atoms with Crippen LogP contribution in [0.2, 0.25) is 0 Å². The van der Waals surface area contributed by atoms with Crippen molar-refractivity contribution in [3.05, 3.63) is 11.4 Å². The molecular weight excluding hydrogens is 162 g/mol. The highest BCUT2D eigenvalue weighted by Crippen LogP contribution is 2.35. The molecule has 1 saturated carbocycles. The molecule has 3 nitrogen and oxygen atoms in total. The van der Waals surface area contributed by atoms with Crippen molar-refractivity contribution in [1.82, 2.24) is 9.55 Å². The molecule has 0 amide bonds. The van der Waals surface area contributed by atoms with Gasteiger partial charge in [-0.15, -0.1) is 0 Å². The number of anilines is 1. The van der Waals surface area contributed by atoms with E-state index >= 15 is 0 Å². The summed E-state index contributed by atoms with van der Waals surface area (Å²) in [6, 6.07) is 0. The highest BCUT2D eigenvalue weighted by atomic mass is 15.1. The molecule has 1 heterocycles. The van der Waals surface area contributed by atoms with Crippen LogP contribution in [0.1, 0.15) is 43.0 Å². The molecule has 0 aliphatic heterocycles. The van der Waals surface area contributed by atoms with Crippen LogP contribution in [-0.2, 0) is 7.05 Å². The van der Waals surface area contributed by atoms with Gasteiger partial charge in [0.1, 0.15) is 0 Å². The summed E-state index contributed by atoms with van der Waals surface area (Å²) in [5, 5.41) is 0. The van der Waals surface area contributed by atoms with Gasteiger partial charge in [0.2, 0.25) is 0 Å². The van der Waals surface area contributed by atoms with E-state index in [1.807, 2.05) is 11.6 Å². The van der Waals surface area contributed by atoms with Crippen molar-refractivity contribution in [2.45, 2.75) is 38.5 Å². The Hall–Kier alpha value is -0.990. The molecule has 0 aromatic carbocycles. The van der Waals surface area contributed by atoms with Crippen LogP contribution in [0.25, 0.3) is 0 Å². The third kappa shape index (κ3) is 1.32. The van der Waals surface area contributed by atoms with Crippen LogP contribution in [0, 0.1) is 6.92 Å². The van der Waals surface area contributed by atoms with E-state index in [1.165, 1.54) is 31.4 Å². The molecule has 1 aliphatic carbocycles. The molecule has 1 fully saturated rings. The van der Waals surface area contributed by atoms with E-state index < -0.39 is 0 Å². The van der Waals surface area contributed by atoms with Crippen LogP contribution < -0.4 is 5.73 Å². The maximum absolute atomic E-state index is 5.76. The number of nitrogen functional groups attached to an aromatic ring is 1. The lowest BCUT2D eigenvalue weighted by atomic mass is 10.0. The molecule has 0 atom stereocenters. The SMILES string of the molecule is Cc1nc(N)n(C)c1C1CCCC1. The van der Waals surface area contributed by atoms with E-state index in [0.29, 0.717) is 11.9 Å². The van der Waals surface area contributed by atoms with Crippen LogP contribution in [0.3, 0.4) is 0 Å². The van der Waals surface area contributed by atoms with E-state index in [2.05, 4.69) is 11.9 Å². The largest absolute Gasteiger partial charge is 0.369 e. The van der Waals surface area contributed by atoms with E-state index in [0.717, 1.165) is 5.69 Å². The molecule has 0 unspecified atom stereocenters. The van der Waals surface area contributed by atoms with E-state index in [-0.39, 0.29) is 0 Å². The minimum atomic E-state index is 0.652. The Morgan fingerprint density at radius 3 is 2.46 bits per heavy atom. The summed E-state index contributed by atoms with van der Waals surface area (Å²) in [7, 11) is 2.02. The smallest absolute Gasteiger partial charge is 0.200 e. The first-order valence-corrected chi connectivity index (χ1v) is 4.99. The van der Waals surface area contributed by atoms with Gasteiger partial charge in [0, 0.05) is 18.7 Å². The maximum Gasteiger partial charge on any atom is 0.200 e. The quantitative estimate of drug-likeness (QED) is 0.716. The standard InChI is InChI=1S/C10H17N3/c1-7-9(8-5-3-4-6-8)13(2)10(11)12-7/h8H,3-6H2,1-2H3,(H2,11,12). The lowest BCUT2D eigenvalue weighted by Gasteiger charge is -2.11. The van der Waals surface area contributed by atoms with Crippen LogP contribution >= 0.6 is 0 Å². The van der Waals surface area contributed by atoms with Gasteiger partial charge in [-0.25, -0.2) is 4.98 Å².